The molecule has 0 atom stereocenters. The first-order valence-electron chi connectivity index (χ1n) is 7.47. The summed E-state index contributed by atoms with van der Waals surface area (Å²) >= 11 is 0. The molecule has 0 saturated heterocycles. The monoisotopic (exact) mass is 297 g/mol. The number of benzene rings is 1. The van der Waals surface area contributed by atoms with Crippen molar-refractivity contribution in [3.8, 4) is 23.2 Å². The molecular weight excluding hydrogens is 278 g/mol. The molecule has 0 aliphatic heterocycles. The number of nitriles is 1. The van der Waals surface area contributed by atoms with E-state index in [-0.39, 0.29) is 5.56 Å². The van der Waals surface area contributed by atoms with Crippen molar-refractivity contribution in [3.05, 3.63) is 46.4 Å². The maximum absolute atomic E-state index is 11.6. The van der Waals surface area contributed by atoms with Crippen molar-refractivity contribution in [2.45, 2.75) is 32.6 Å². The summed E-state index contributed by atoms with van der Waals surface area (Å²) in [5.41, 5.74) is 0.361. The summed E-state index contributed by atoms with van der Waals surface area (Å²) in [5, 5.41) is 8.73. The van der Waals surface area contributed by atoms with Gasteiger partial charge in [-0.1, -0.05) is 26.2 Å². The number of hydrogen-bond donors (Lipinski definition) is 1. The van der Waals surface area contributed by atoms with E-state index in [0.29, 0.717) is 12.4 Å². The van der Waals surface area contributed by atoms with E-state index >= 15 is 0 Å². The number of aromatic nitrogens is 2. The molecule has 0 aliphatic carbocycles. The molecule has 114 valence electrons. The molecule has 0 amide bonds. The van der Waals surface area contributed by atoms with Gasteiger partial charge in [0.25, 0.3) is 5.56 Å². The molecular formula is C17H19N3O2. The molecule has 22 heavy (non-hydrogen) atoms. The summed E-state index contributed by atoms with van der Waals surface area (Å²) in [7, 11) is 0. The van der Waals surface area contributed by atoms with Crippen LogP contribution >= 0.6 is 0 Å². The molecule has 0 fully saturated rings. The molecule has 0 unspecified atom stereocenters. The topological polar surface area (TPSA) is 78.8 Å². The molecule has 1 heterocycles. The van der Waals surface area contributed by atoms with Crippen LogP contribution in [0.15, 0.2) is 35.3 Å². The van der Waals surface area contributed by atoms with E-state index < -0.39 is 5.56 Å². The highest BCUT2D eigenvalue weighted by Gasteiger charge is 2.04. The maximum atomic E-state index is 11.6. The Bertz CT molecular complexity index is 699. The van der Waals surface area contributed by atoms with Gasteiger partial charge in [0.1, 0.15) is 23.2 Å². The third-order valence-electron chi connectivity index (χ3n) is 3.31. The van der Waals surface area contributed by atoms with E-state index in [1.54, 1.807) is 6.07 Å². The maximum Gasteiger partial charge on any atom is 0.269 e. The van der Waals surface area contributed by atoms with Crippen LogP contribution in [0, 0.1) is 11.3 Å². The molecule has 2 aromatic rings. The van der Waals surface area contributed by atoms with E-state index in [1.807, 2.05) is 24.3 Å². The lowest BCUT2D eigenvalue weighted by Crippen LogP contribution is -2.12. The van der Waals surface area contributed by atoms with Crippen LogP contribution in [0.3, 0.4) is 0 Å². The van der Waals surface area contributed by atoms with Gasteiger partial charge in [0.05, 0.1) is 12.8 Å². The van der Waals surface area contributed by atoms with Crippen molar-refractivity contribution in [1.29, 1.82) is 5.26 Å². The van der Waals surface area contributed by atoms with E-state index in [4.69, 9.17) is 10.00 Å². The average Bonchev–Trinajstić information content (AvgIpc) is 2.55. The van der Waals surface area contributed by atoms with Crippen LogP contribution in [0.4, 0.5) is 0 Å². The molecule has 1 aromatic carbocycles. The van der Waals surface area contributed by atoms with Gasteiger partial charge in [-0.3, -0.25) is 4.79 Å². The van der Waals surface area contributed by atoms with Crippen LogP contribution in [0.1, 0.15) is 38.2 Å². The summed E-state index contributed by atoms with van der Waals surface area (Å²) in [4.78, 5) is 18.3. The van der Waals surface area contributed by atoms with Gasteiger partial charge in [-0.05, 0) is 30.7 Å². The molecule has 5 nitrogen and oxygen atoms in total. The van der Waals surface area contributed by atoms with Gasteiger partial charge in [0, 0.05) is 5.56 Å². The minimum atomic E-state index is -0.427. The highest BCUT2D eigenvalue weighted by molar-refractivity contribution is 5.56. The molecule has 1 N–H and O–H groups in total. The molecule has 0 saturated carbocycles. The van der Waals surface area contributed by atoms with Crippen molar-refractivity contribution >= 4 is 0 Å². The van der Waals surface area contributed by atoms with E-state index in [1.165, 1.54) is 25.5 Å². The Kier molecular flexibility index (Phi) is 5.73. The Morgan fingerprint density at radius 1 is 1.23 bits per heavy atom. The van der Waals surface area contributed by atoms with E-state index in [2.05, 4.69) is 16.9 Å². The summed E-state index contributed by atoms with van der Waals surface area (Å²) < 4.78 is 5.67. The van der Waals surface area contributed by atoms with Crippen molar-refractivity contribution < 1.29 is 4.74 Å². The molecule has 0 bridgehead atoms. The van der Waals surface area contributed by atoms with Crippen molar-refractivity contribution in [1.82, 2.24) is 9.97 Å². The number of hydrogen-bond acceptors (Lipinski definition) is 4. The lowest BCUT2D eigenvalue weighted by molar-refractivity contribution is 0.305. The van der Waals surface area contributed by atoms with E-state index in [9.17, 15) is 4.79 Å². The first kappa shape index (κ1) is 15.8. The molecule has 2 rings (SSSR count). The SMILES string of the molecule is CCCCCCOc1ccc(-c2ncc(C#N)c(=O)[nH]2)cc1. The number of rotatable bonds is 7. The van der Waals surface area contributed by atoms with E-state index in [0.717, 1.165) is 17.7 Å². The minimum Gasteiger partial charge on any atom is -0.494 e. The van der Waals surface area contributed by atoms with Crippen molar-refractivity contribution in [3.63, 3.8) is 0 Å². The quantitative estimate of drug-likeness (QED) is 0.795. The highest BCUT2D eigenvalue weighted by Crippen LogP contribution is 2.18. The fraction of sp³-hybridized carbons (Fsp3) is 0.353. The van der Waals surface area contributed by atoms with Crippen LogP contribution in [0.2, 0.25) is 0 Å². The summed E-state index contributed by atoms with van der Waals surface area (Å²) in [6, 6.07) is 9.18. The smallest absolute Gasteiger partial charge is 0.269 e. The molecule has 0 aliphatic rings. The highest BCUT2D eigenvalue weighted by atomic mass is 16.5. The lowest BCUT2D eigenvalue weighted by Gasteiger charge is -2.07. The Balaban J connectivity index is 1.98. The Labute approximate surface area is 129 Å². The zero-order chi connectivity index (χ0) is 15.8. The first-order chi connectivity index (χ1) is 10.7. The number of aromatic amines is 1. The molecule has 0 radical (unpaired) electrons. The number of nitrogens with zero attached hydrogens (tertiary/aromatic N) is 2. The predicted molar refractivity (Wildman–Crippen MR) is 84.6 cm³/mol. The Hall–Kier alpha value is -2.61. The number of nitrogens with one attached hydrogen (secondary N) is 1. The van der Waals surface area contributed by atoms with Crippen molar-refractivity contribution in [2.24, 2.45) is 0 Å². The van der Waals surface area contributed by atoms with Gasteiger partial charge < -0.3 is 9.72 Å². The molecule has 0 spiro atoms. The largest absolute Gasteiger partial charge is 0.494 e. The standard InChI is InChI=1S/C17H19N3O2/c1-2-3-4-5-10-22-15-8-6-13(7-9-15)16-19-12-14(11-18)17(21)20-16/h6-9,12H,2-5,10H2,1H3,(H,19,20,21). The fourth-order valence-electron chi connectivity index (χ4n) is 2.05. The van der Waals surface area contributed by atoms with Gasteiger partial charge in [0.2, 0.25) is 0 Å². The second kappa shape index (κ2) is 7.99. The summed E-state index contributed by atoms with van der Waals surface area (Å²) in [6.07, 6.45) is 5.97. The van der Waals surface area contributed by atoms with Gasteiger partial charge in [-0.15, -0.1) is 0 Å². The van der Waals surface area contributed by atoms with Gasteiger partial charge in [0.15, 0.2) is 0 Å². The van der Waals surface area contributed by atoms with Crippen molar-refractivity contribution in [2.75, 3.05) is 6.61 Å². The normalized spacial score (nSPS) is 10.2. The molecule has 5 heteroatoms. The average molecular weight is 297 g/mol. The first-order valence-corrected chi connectivity index (χ1v) is 7.47. The zero-order valence-electron chi connectivity index (χ0n) is 12.6. The van der Waals surface area contributed by atoms with Crippen LogP contribution < -0.4 is 10.3 Å². The number of unbranched alkanes of at least 4 members (excludes halogenated alkanes) is 3. The van der Waals surface area contributed by atoms with Crippen LogP contribution in [-0.2, 0) is 0 Å². The third-order valence-corrected chi connectivity index (χ3v) is 3.31. The Morgan fingerprint density at radius 3 is 2.64 bits per heavy atom. The van der Waals surface area contributed by atoms with Crippen LogP contribution in [-0.4, -0.2) is 16.6 Å². The molecule has 1 aromatic heterocycles. The van der Waals surface area contributed by atoms with Crippen LogP contribution in [0.5, 0.6) is 5.75 Å². The number of ether oxygens (including phenoxy) is 1. The second-order valence-electron chi connectivity index (χ2n) is 5.02. The minimum absolute atomic E-state index is 0.00998. The Morgan fingerprint density at radius 2 is 2.00 bits per heavy atom. The van der Waals surface area contributed by atoms with Crippen LogP contribution in [0.25, 0.3) is 11.4 Å². The lowest BCUT2D eigenvalue weighted by atomic mass is 10.2. The zero-order valence-corrected chi connectivity index (χ0v) is 12.6. The van der Waals surface area contributed by atoms with Gasteiger partial charge in [-0.25, -0.2) is 4.98 Å². The van der Waals surface area contributed by atoms with Gasteiger partial charge >= 0.3 is 0 Å². The third kappa shape index (κ3) is 4.19. The number of H-pyrrole nitrogens is 1. The summed E-state index contributed by atoms with van der Waals surface area (Å²) in [6.45, 7) is 2.90. The fourth-order valence-corrected chi connectivity index (χ4v) is 2.05. The summed E-state index contributed by atoms with van der Waals surface area (Å²) in [5.74, 6) is 1.25. The predicted octanol–water partition coefficient (Wildman–Crippen LogP) is 3.27. The second-order valence-corrected chi connectivity index (χ2v) is 5.02. The van der Waals surface area contributed by atoms with Gasteiger partial charge in [-0.2, -0.15) is 5.26 Å².